The molecule has 0 bridgehead atoms. The summed E-state index contributed by atoms with van der Waals surface area (Å²) >= 11 is 0. The lowest BCUT2D eigenvalue weighted by molar-refractivity contribution is 0.0425. The summed E-state index contributed by atoms with van der Waals surface area (Å²) in [5, 5.41) is 3.94. The minimum Gasteiger partial charge on any atom is -0.493 e. The van der Waals surface area contributed by atoms with Gasteiger partial charge in [0.05, 0.1) is 18.8 Å². The Labute approximate surface area is 156 Å². The van der Waals surface area contributed by atoms with Gasteiger partial charge in [-0.15, -0.1) is 0 Å². The van der Waals surface area contributed by atoms with Gasteiger partial charge < -0.3 is 18.7 Å². The van der Waals surface area contributed by atoms with Gasteiger partial charge in [0.1, 0.15) is 17.1 Å². The summed E-state index contributed by atoms with van der Waals surface area (Å²) in [6.07, 6.45) is 0. The third-order valence-corrected chi connectivity index (χ3v) is 3.63. The fourth-order valence-corrected chi connectivity index (χ4v) is 2.48. The number of benzene rings is 2. The molecule has 0 aliphatic rings. The molecule has 3 aromatic rings. The van der Waals surface area contributed by atoms with Crippen LogP contribution in [-0.2, 0) is 11.3 Å². The van der Waals surface area contributed by atoms with Gasteiger partial charge in [0, 0.05) is 0 Å². The Morgan fingerprint density at radius 2 is 1.63 bits per heavy atom. The van der Waals surface area contributed by atoms with Crippen molar-refractivity contribution in [3.63, 3.8) is 0 Å². The quantitative estimate of drug-likeness (QED) is 0.558. The van der Waals surface area contributed by atoms with E-state index < -0.39 is 5.97 Å². The Morgan fingerprint density at radius 1 is 0.963 bits per heavy atom. The molecule has 0 saturated heterocycles. The van der Waals surface area contributed by atoms with Crippen LogP contribution in [0.25, 0.3) is 11.4 Å². The predicted octanol–water partition coefficient (Wildman–Crippen LogP) is 3.89. The molecule has 0 unspecified atom stereocenters. The van der Waals surface area contributed by atoms with Gasteiger partial charge in [-0.1, -0.05) is 29.4 Å². The molecular formula is C20H20N2O5. The summed E-state index contributed by atoms with van der Waals surface area (Å²) in [6, 6.07) is 14.3. The largest absolute Gasteiger partial charge is 0.493 e. The first-order valence-corrected chi connectivity index (χ1v) is 8.66. The molecule has 7 heteroatoms. The van der Waals surface area contributed by atoms with E-state index in [2.05, 4.69) is 10.1 Å². The molecule has 0 radical (unpaired) electrons. The van der Waals surface area contributed by atoms with Crippen molar-refractivity contribution in [2.24, 2.45) is 0 Å². The number of carbonyl (C=O) groups is 1. The first-order valence-electron chi connectivity index (χ1n) is 8.66. The third kappa shape index (κ3) is 4.44. The minimum atomic E-state index is -0.520. The summed E-state index contributed by atoms with van der Waals surface area (Å²) in [5.41, 5.74) is 1.06. The second-order valence-electron chi connectivity index (χ2n) is 5.45. The Hall–Kier alpha value is -3.35. The average Bonchev–Trinajstić information content (AvgIpc) is 3.16. The van der Waals surface area contributed by atoms with E-state index in [1.807, 2.05) is 38.1 Å². The van der Waals surface area contributed by atoms with Crippen molar-refractivity contribution in [1.82, 2.24) is 10.1 Å². The van der Waals surface area contributed by atoms with Crippen molar-refractivity contribution < 1.29 is 23.5 Å². The molecule has 0 N–H and O–H groups in total. The Morgan fingerprint density at radius 3 is 2.41 bits per heavy atom. The highest BCUT2D eigenvalue weighted by molar-refractivity contribution is 5.92. The van der Waals surface area contributed by atoms with E-state index in [1.54, 1.807) is 24.3 Å². The maximum atomic E-state index is 12.3. The van der Waals surface area contributed by atoms with Crippen LogP contribution in [0.15, 0.2) is 53.1 Å². The number of esters is 1. The van der Waals surface area contributed by atoms with Crippen molar-refractivity contribution >= 4 is 5.97 Å². The van der Waals surface area contributed by atoms with Crippen LogP contribution in [-0.4, -0.2) is 29.3 Å². The Balaban J connectivity index is 1.69. The van der Waals surface area contributed by atoms with Crippen molar-refractivity contribution in [1.29, 1.82) is 0 Å². The van der Waals surface area contributed by atoms with E-state index in [1.165, 1.54) is 0 Å². The van der Waals surface area contributed by atoms with Gasteiger partial charge >= 0.3 is 5.97 Å². The van der Waals surface area contributed by atoms with Crippen molar-refractivity contribution in [2.45, 2.75) is 20.5 Å². The van der Waals surface area contributed by atoms with Crippen LogP contribution in [0.4, 0.5) is 0 Å². The number of nitrogens with zero attached hydrogens (tertiary/aromatic N) is 2. The lowest BCUT2D eigenvalue weighted by atomic mass is 10.2. The van der Waals surface area contributed by atoms with Gasteiger partial charge in [-0.25, -0.2) is 4.79 Å². The molecule has 0 amide bonds. The molecule has 1 heterocycles. The molecule has 140 valence electrons. The molecule has 3 rings (SSSR count). The summed E-state index contributed by atoms with van der Waals surface area (Å²) in [7, 11) is 0. The lowest BCUT2D eigenvalue weighted by Crippen LogP contribution is -2.08. The highest BCUT2D eigenvalue weighted by Gasteiger charge is 2.17. The highest BCUT2D eigenvalue weighted by Crippen LogP contribution is 2.27. The second kappa shape index (κ2) is 8.84. The smallest absolute Gasteiger partial charge is 0.342 e. The van der Waals surface area contributed by atoms with E-state index in [0.717, 1.165) is 0 Å². The van der Waals surface area contributed by atoms with Crippen LogP contribution >= 0.6 is 0 Å². The van der Waals surface area contributed by atoms with E-state index in [4.69, 9.17) is 18.7 Å². The molecule has 7 nitrogen and oxygen atoms in total. The number of para-hydroxylation sites is 2. The molecule has 0 aliphatic carbocycles. The SMILES string of the molecule is CCOc1ccccc1C(=O)OCc1nc(-c2ccccc2OCC)no1. The Bertz CT molecular complexity index is 907. The fourth-order valence-electron chi connectivity index (χ4n) is 2.48. The first-order chi connectivity index (χ1) is 13.2. The maximum Gasteiger partial charge on any atom is 0.342 e. The van der Waals surface area contributed by atoms with Crippen LogP contribution in [0.1, 0.15) is 30.1 Å². The van der Waals surface area contributed by atoms with E-state index in [-0.39, 0.29) is 12.5 Å². The van der Waals surface area contributed by atoms with Gasteiger partial charge in [0.25, 0.3) is 5.89 Å². The number of hydrogen-bond donors (Lipinski definition) is 0. The molecular weight excluding hydrogens is 348 g/mol. The minimum absolute atomic E-state index is 0.136. The van der Waals surface area contributed by atoms with E-state index in [9.17, 15) is 4.79 Å². The zero-order valence-electron chi connectivity index (χ0n) is 15.2. The fraction of sp³-hybridized carbons (Fsp3) is 0.250. The van der Waals surface area contributed by atoms with Gasteiger partial charge in [-0.3, -0.25) is 0 Å². The summed E-state index contributed by atoms with van der Waals surface area (Å²) < 4.78 is 21.5. The lowest BCUT2D eigenvalue weighted by Gasteiger charge is -2.08. The van der Waals surface area contributed by atoms with Gasteiger partial charge in [0.15, 0.2) is 6.61 Å². The van der Waals surface area contributed by atoms with Crippen molar-refractivity contribution in [3.05, 3.63) is 60.0 Å². The normalized spacial score (nSPS) is 10.4. The Kier molecular flexibility index (Phi) is 6.04. The number of aromatic nitrogens is 2. The van der Waals surface area contributed by atoms with Crippen molar-refractivity contribution in [3.8, 4) is 22.9 Å². The number of rotatable bonds is 8. The second-order valence-corrected chi connectivity index (χ2v) is 5.45. The van der Waals surface area contributed by atoms with Crippen molar-refractivity contribution in [2.75, 3.05) is 13.2 Å². The first kappa shape index (κ1) is 18.4. The van der Waals surface area contributed by atoms with Crippen LogP contribution in [0, 0.1) is 0 Å². The topological polar surface area (TPSA) is 83.7 Å². The molecule has 0 fully saturated rings. The van der Waals surface area contributed by atoms with E-state index >= 15 is 0 Å². The van der Waals surface area contributed by atoms with Crippen LogP contribution in [0.5, 0.6) is 11.5 Å². The number of hydrogen-bond acceptors (Lipinski definition) is 7. The summed E-state index contributed by atoms with van der Waals surface area (Å²) in [6.45, 7) is 4.60. The molecule has 0 spiro atoms. The number of ether oxygens (including phenoxy) is 3. The molecule has 0 aliphatic heterocycles. The number of carbonyl (C=O) groups excluding carboxylic acids is 1. The predicted molar refractivity (Wildman–Crippen MR) is 97.6 cm³/mol. The van der Waals surface area contributed by atoms with Crippen LogP contribution in [0.2, 0.25) is 0 Å². The molecule has 0 saturated carbocycles. The van der Waals surface area contributed by atoms with Gasteiger partial charge in [0.2, 0.25) is 5.82 Å². The molecule has 0 atom stereocenters. The van der Waals surface area contributed by atoms with Gasteiger partial charge in [-0.05, 0) is 38.1 Å². The zero-order valence-corrected chi connectivity index (χ0v) is 15.2. The average molecular weight is 368 g/mol. The highest BCUT2D eigenvalue weighted by atomic mass is 16.6. The van der Waals surface area contributed by atoms with Crippen LogP contribution < -0.4 is 9.47 Å². The summed E-state index contributed by atoms with van der Waals surface area (Å²) in [5.74, 6) is 1.18. The molecule has 1 aromatic heterocycles. The third-order valence-electron chi connectivity index (χ3n) is 3.63. The maximum absolute atomic E-state index is 12.3. The van der Waals surface area contributed by atoms with Crippen LogP contribution in [0.3, 0.4) is 0 Å². The van der Waals surface area contributed by atoms with E-state index in [0.29, 0.717) is 41.7 Å². The molecule has 27 heavy (non-hydrogen) atoms. The summed E-state index contributed by atoms with van der Waals surface area (Å²) in [4.78, 5) is 16.6. The molecule has 2 aromatic carbocycles. The monoisotopic (exact) mass is 368 g/mol. The van der Waals surface area contributed by atoms with Gasteiger partial charge in [-0.2, -0.15) is 4.98 Å². The standard InChI is InChI=1S/C20H20N2O5/c1-3-24-16-11-7-5-9-14(16)19-21-18(27-22-19)13-26-20(23)15-10-6-8-12-17(15)25-4-2/h5-12H,3-4,13H2,1-2H3. The zero-order chi connectivity index (χ0) is 19.1.